The second-order valence-corrected chi connectivity index (χ2v) is 9.05. The molecule has 2 bridgehead atoms. The quantitative estimate of drug-likeness (QED) is 0.491. The summed E-state index contributed by atoms with van der Waals surface area (Å²) in [5.74, 6) is -2.59. The predicted octanol–water partition coefficient (Wildman–Crippen LogP) is -0.325. The molecule has 0 aromatic heterocycles. The van der Waals surface area contributed by atoms with E-state index in [-0.39, 0.29) is 23.7 Å². The van der Waals surface area contributed by atoms with E-state index in [0.717, 1.165) is 0 Å². The SMILES string of the molecule is CC12CCC(C(S(=O)(=O)NCC(=O)O)C1=O)C2(C)C.CNCC(=O)O. The Morgan fingerprint density at radius 1 is 1.16 bits per heavy atom. The normalized spacial score (nSPS) is 29.8. The van der Waals surface area contributed by atoms with Crippen molar-refractivity contribution in [3.63, 3.8) is 0 Å². The van der Waals surface area contributed by atoms with E-state index in [0.29, 0.717) is 12.8 Å². The van der Waals surface area contributed by atoms with E-state index < -0.39 is 39.2 Å². The van der Waals surface area contributed by atoms with Crippen molar-refractivity contribution >= 4 is 27.7 Å². The zero-order valence-electron chi connectivity index (χ0n) is 14.8. The molecule has 0 aliphatic heterocycles. The molecule has 2 aliphatic rings. The maximum Gasteiger partial charge on any atom is 0.318 e. The minimum atomic E-state index is -3.92. The lowest BCUT2D eigenvalue weighted by molar-refractivity contribution is -0.136. The van der Waals surface area contributed by atoms with Crippen LogP contribution in [0.4, 0.5) is 0 Å². The first-order valence-electron chi connectivity index (χ1n) is 7.92. The van der Waals surface area contributed by atoms with Crippen LogP contribution in [0.15, 0.2) is 0 Å². The van der Waals surface area contributed by atoms with Gasteiger partial charge in [0.25, 0.3) is 0 Å². The van der Waals surface area contributed by atoms with Gasteiger partial charge in [0.15, 0.2) is 5.78 Å². The molecular weight excluding hydrogens is 352 g/mol. The Morgan fingerprint density at radius 3 is 2.00 bits per heavy atom. The van der Waals surface area contributed by atoms with Crippen molar-refractivity contribution in [1.29, 1.82) is 0 Å². The van der Waals surface area contributed by atoms with E-state index in [1.165, 1.54) is 0 Å². The zero-order valence-corrected chi connectivity index (χ0v) is 15.6. The molecular formula is C15H26N2O7S. The zero-order chi connectivity index (χ0) is 19.6. The Balaban J connectivity index is 0.000000450. The number of rotatable bonds is 6. The molecule has 0 saturated heterocycles. The lowest BCUT2D eigenvalue weighted by Gasteiger charge is -2.32. The molecule has 25 heavy (non-hydrogen) atoms. The lowest BCUT2D eigenvalue weighted by atomic mass is 9.70. The Bertz CT molecular complexity index is 659. The van der Waals surface area contributed by atoms with Gasteiger partial charge in [-0.25, -0.2) is 13.1 Å². The van der Waals surface area contributed by atoms with Gasteiger partial charge in [0.2, 0.25) is 10.0 Å². The number of Topliss-reactive ketones (excluding diaryl/α,β-unsaturated/α-hetero) is 1. The fourth-order valence-corrected chi connectivity index (χ4v) is 5.72. The highest BCUT2D eigenvalue weighted by Gasteiger charge is 2.69. The van der Waals surface area contributed by atoms with Crippen LogP contribution in [0.3, 0.4) is 0 Å². The molecule has 0 heterocycles. The van der Waals surface area contributed by atoms with Crippen LogP contribution in [0.1, 0.15) is 33.6 Å². The lowest BCUT2D eigenvalue weighted by Crippen LogP contribution is -2.46. The number of hydrogen-bond donors (Lipinski definition) is 4. The number of sulfonamides is 1. The second kappa shape index (κ2) is 7.38. The first-order valence-corrected chi connectivity index (χ1v) is 9.47. The summed E-state index contributed by atoms with van der Waals surface area (Å²) in [5.41, 5.74) is -0.993. The van der Waals surface area contributed by atoms with Crippen LogP contribution in [0, 0.1) is 16.7 Å². The molecule has 0 spiro atoms. The Morgan fingerprint density at radius 2 is 1.68 bits per heavy atom. The van der Waals surface area contributed by atoms with Crippen LogP contribution in [-0.4, -0.2) is 61.7 Å². The van der Waals surface area contributed by atoms with Gasteiger partial charge < -0.3 is 15.5 Å². The van der Waals surface area contributed by atoms with Gasteiger partial charge in [0.05, 0.1) is 6.54 Å². The van der Waals surface area contributed by atoms with Crippen LogP contribution in [0.25, 0.3) is 0 Å². The molecule has 0 aromatic rings. The number of ketones is 1. The number of likely N-dealkylation sites (N-methyl/N-ethyl adjacent to an activating group) is 1. The van der Waals surface area contributed by atoms with Gasteiger partial charge in [-0.2, -0.15) is 0 Å². The molecule has 2 saturated carbocycles. The van der Waals surface area contributed by atoms with Crippen molar-refractivity contribution in [3.8, 4) is 0 Å². The third kappa shape index (κ3) is 4.01. The Hall–Kier alpha value is -1.52. The summed E-state index contributed by atoms with van der Waals surface area (Å²) >= 11 is 0. The Labute approximate surface area is 147 Å². The molecule has 2 rings (SSSR count). The summed E-state index contributed by atoms with van der Waals surface area (Å²) in [7, 11) is -2.33. The number of fused-ring (bicyclic) bond motifs is 2. The molecule has 3 atom stereocenters. The number of carboxylic acids is 2. The van der Waals surface area contributed by atoms with Gasteiger partial charge >= 0.3 is 11.9 Å². The molecule has 4 N–H and O–H groups in total. The van der Waals surface area contributed by atoms with Crippen LogP contribution in [0.2, 0.25) is 0 Å². The first kappa shape index (κ1) is 21.5. The summed E-state index contributed by atoms with van der Waals surface area (Å²) in [6.07, 6.45) is 1.39. The summed E-state index contributed by atoms with van der Waals surface area (Å²) in [6, 6.07) is 0. The average Bonchev–Trinajstić information content (AvgIpc) is 2.78. The van der Waals surface area contributed by atoms with E-state index in [4.69, 9.17) is 10.2 Å². The van der Waals surface area contributed by atoms with Crippen LogP contribution in [-0.2, 0) is 24.4 Å². The first-order chi connectivity index (χ1) is 11.3. The standard InChI is InChI=1S/C12H19NO5S.C3H7NO2/c1-11(2)7-4-5-12(11,3)10(16)9(7)19(17,18)13-6-8(14)15;1-4-2-3(5)6/h7,9,13H,4-6H2,1-3H3,(H,14,15);4H,2H2,1H3,(H,5,6). The topological polar surface area (TPSA) is 150 Å². The summed E-state index contributed by atoms with van der Waals surface area (Å²) in [6.45, 7) is 5.03. The highest BCUT2D eigenvalue weighted by atomic mass is 32.2. The number of carboxylic acid groups (broad SMARTS) is 2. The number of carbonyl (C=O) groups excluding carboxylic acids is 1. The fourth-order valence-electron chi connectivity index (χ4n) is 3.76. The van der Waals surface area contributed by atoms with Crippen molar-refractivity contribution < 1.29 is 33.0 Å². The third-order valence-electron chi connectivity index (χ3n) is 5.56. The monoisotopic (exact) mass is 378 g/mol. The van der Waals surface area contributed by atoms with Gasteiger partial charge in [-0.1, -0.05) is 20.8 Å². The number of carbonyl (C=O) groups is 3. The molecule has 2 fully saturated rings. The highest BCUT2D eigenvalue weighted by Crippen LogP contribution is 2.64. The van der Waals surface area contributed by atoms with Gasteiger partial charge in [-0.15, -0.1) is 0 Å². The van der Waals surface area contributed by atoms with E-state index in [1.807, 2.05) is 25.5 Å². The Kier molecular flexibility index (Phi) is 6.36. The maximum atomic E-state index is 12.4. The molecule has 9 nitrogen and oxygen atoms in total. The van der Waals surface area contributed by atoms with E-state index in [9.17, 15) is 22.8 Å². The van der Waals surface area contributed by atoms with Crippen molar-refractivity contribution in [2.75, 3.05) is 20.1 Å². The number of hydrogen-bond acceptors (Lipinski definition) is 6. The third-order valence-corrected chi connectivity index (χ3v) is 7.32. The van der Waals surface area contributed by atoms with Crippen LogP contribution >= 0.6 is 0 Å². The van der Waals surface area contributed by atoms with Crippen molar-refractivity contribution in [2.24, 2.45) is 16.7 Å². The van der Waals surface area contributed by atoms with E-state index >= 15 is 0 Å². The van der Waals surface area contributed by atoms with Crippen molar-refractivity contribution in [2.45, 2.75) is 38.9 Å². The molecule has 144 valence electrons. The summed E-state index contributed by atoms with van der Waals surface area (Å²) in [5, 5.41) is 17.8. The minimum Gasteiger partial charge on any atom is -0.480 e. The molecule has 2 aliphatic carbocycles. The summed E-state index contributed by atoms with van der Waals surface area (Å²) < 4.78 is 26.4. The number of nitrogens with one attached hydrogen (secondary N) is 2. The predicted molar refractivity (Wildman–Crippen MR) is 89.5 cm³/mol. The summed E-state index contributed by atoms with van der Waals surface area (Å²) in [4.78, 5) is 32.4. The van der Waals surface area contributed by atoms with Crippen LogP contribution in [0.5, 0.6) is 0 Å². The number of aliphatic carboxylic acids is 2. The maximum absolute atomic E-state index is 12.4. The highest BCUT2D eigenvalue weighted by molar-refractivity contribution is 7.91. The van der Waals surface area contributed by atoms with Gasteiger partial charge in [-0.3, -0.25) is 14.4 Å². The van der Waals surface area contributed by atoms with Gasteiger partial charge in [0.1, 0.15) is 11.8 Å². The largest absolute Gasteiger partial charge is 0.480 e. The average molecular weight is 378 g/mol. The minimum absolute atomic E-state index is 0.0417. The van der Waals surface area contributed by atoms with E-state index in [1.54, 1.807) is 7.05 Å². The molecule has 0 aromatic carbocycles. The molecule has 3 unspecified atom stereocenters. The van der Waals surface area contributed by atoms with Crippen molar-refractivity contribution in [3.05, 3.63) is 0 Å². The van der Waals surface area contributed by atoms with Crippen molar-refractivity contribution in [1.82, 2.24) is 10.0 Å². The van der Waals surface area contributed by atoms with E-state index in [2.05, 4.69) is 5.32 Å². The smallest absolute Gasteiger partial charge is 0.318 e. The van der Waals surface area contributed by atoms with Gasteiger partial charge in [0, 0.05) is 5.41 Å². The fraction of sp³-hybridized carbons (Fsp3) is 0.800. The van der Waals surface area contributed by atoms with Crippen LogP contribution < -0.4 is 10.0 Å². The van der Waals surface area contributed by atoms with Gasteiger partial charge in [-0.05, 0) is 31.2 Å². The second-order valence-electron chi connectivity index (χ2n) is 7.17. The molecule has 0 amide bonds. The molecule has 10 heteroatoms. The molecule has 0 radical (unpaired) electrons.